The summed E-state index contributed by atoms with van der Waals surface area (Å²) in [6.45, 7) is 11.3. The number of hydrogen-bond donors (Lipinski definition) is 1. The van der Waals surface area contributed by atoms with Gasteiger partial charge in [0.1, 0.15) is 0 Å². The monoisotopic (exact) mass is 261 g/mol. The van der Waals surface area contributed by atoms with Crippen LogP contribution in [0.3, 0.4) is 0 Å². The summed E-state index contributed by atoms with van der Waals surface area (Å²) in [4.78, 5) is 0.980. The highest BCUT2D eigenvalue weighted by molar-refractivity contribution is 8.30. The van der Waals surface area contributed by atoms with Gasteiger partial charge in [0, 0.05) is 4.91 Å². The lowest BCUT2D eigenvalue weighted by Crippen LogP contribution is -1.97. The molecule has 0 heterocycles. The molecule has 98 valence electrons. The first-order valence-electron chi connectivity index (χ1n) is 5.60. The summed E-state index contributed by atoms with van der Waals surface area (Å²) >= 11 is 0. The van der Waals surface area contributed by atoms with E-state index in [0.717, 1.165) is 16.1 Å². The first kappa shape index (κ1) is 16.5. The van der Waals surface area contributed by atoms with Crippen LogP contribution in [0.15, 0.2) is 59.6 Å². The van der Waals surface area contributed by atoms with Gasteiger partial charge in [-0.1, -0.05) is 49.2 Å². The standard InChI is InChI=1S/C16H23NS/c1-8-10-14(11-9-2)16(18(5,6)7)12-15(17)13(3)4/h8-12,17H,1,3,5-6H2,2,4,7H3/b11-9-,14-10+,16-12+,17-15?. The second-order valence-electron chi connectivity index (χ2n) is 4.33. The highest BCUT2D eigenvalue weighted by Gasteiger charge is 2.06. The Hall–Kier alpha value is -1.54. The molecule has 18 heavy (non-hydrogen) atoms. The predicted molar refractivity (Wildman–Crippen MR) is 91.5 cm³/mol. The second kappa shape index (κ2) is 7.02. The Morgan fingerprint density at radius 2 is 1.83 bits per heavy atom. The largest absolute Gasteiger partial charge is 0.301 e. The van der Waals surface area contributed by atoms with E-state index in [2.05, 4.69) is 24.9 Å². The molecule has 0 aliphatic rings. The molecule has 0 atom stereocenters. The van der Waals surface area contributed by atoms with E-state index in [1.165, 1.54) is 0 Å². The molecule has 0 aromatic rings. The predicted octanol–water partition coefficient (Wildman–Crippen LogP) is 4.45. The van der Waals surface area contributed by atoms with Crippen molar-refractivity contribution in [3.8, 4) is 0 Å². The van der Waals surface area contributed by atoms with Gasteiger partial charge in [-0.05, 0) is 37.3 Å². The summed E-state index contributed by atoms with van der Waals surface area (Å²) in [5.74, 6) is 8.27. The molecular formula is C16H23NS. The molecule has 1 N–H and O–H groups in total. The molecule has 0 saturated carbocycles. The van der Waals surface area contributed by atoms with E-state index < -0.39 is 9.21 Å². The average Bonchev–Trinajstić information content (AvgIpc) is 2.23. The lowest BCUT2D eigenvalue weighted by molar-refractivity contribution is 1.46. The van der Waals surface area contributed by atoms with Gasteiger partial charge >= 0.3 is 0 Å². The minimum atomic E-state index is -1.43. The molecule has 0 aromatic heterocycles. The molecule has 0 fully saturated rings. The highest BCUT2D eigenvalue weighted by atomic mass is 32.2. The van der Waals surface area contributed by atoms with Gasteiger partial charge in [-0.2, -0.15) is 9.21 Å². The normalized spacial score (nSPS) is 13.7. The van der Waals surface area contributed by atoms with E-state index in [9.17, 15) is 0 Å². The van der Waals surface area contributed by atoms with Crippen molar-refractivity contribution in [2.24, 2.45) is 0 Å². The zero-order valence-electron chi connectivity index (χ0n) is 11.6. The topological polar surface area (TPSA) is 23.9 Å². The molecule has 0 amide bonds. The van der Waals surface area contributed by atoms with E-state index in [0.29, 0.717) is 5.71 Å². The van der Waals surface area contributed by atoms with Crippen LogP contribution in [0.4, 0.5) is 0 Å². The fourth-order valence-corrected chi connectivity index (χ4v) is 2.40. The molecule has 0 bridgehead atoms. The summed E-state index contributed by atoms with van der Waals surface area (Å²) in [6, 6.07) is 0. The van der Waals surface area contributed by atoms with Crippen LogP contribution in [0.5, 0.6) is 0 Å². The SMILES string of the molecule is C=C/C=C(\C=C/C)C(=C\C(=N)C(=C)C)/S(=C)(=C)C. The zero-order chi connectivity index (χ0) is 14.3. The zero-order valence-corrected chi connectivity index (χ0v) is 12.4. The molecule has 1 nitrogen and oxygen atoms in total. The van der Waals surface area contributed by atoms with Gasteiger partial charge in [0.25, 0.3) is 0 Å². The Morgan fingerprint density at radius 3 is 2.17 bits per heavy atom. The van der Waals surface area contributed by atoms with Crippen LogP contribution in [0, 0.1) is 5.41 Å². The van der Waals surface area contributed by atoms with Crippen molar-refractivity contribution in [1.29, 1.82) is 5.41 Å². The third-order valence-corrected chi connectivity index (χ3v) is 3.61. The third kappa shape index (κ3) is 5.19. The smallest absolute Gasteiger partial charge is 0.0574 e. The summed E-state index contributed by atoms with van der Waals surface area (Å²) in [5, 5.41) is 7.92. The minimum absolute atomic E-state index is 0.412. The molecule has 0 spiro atoms. The van der Waals surface area contributed by atoms with Crippen LogP contribution in [-0.2, 0) is 0 Å². The lowest BCUT2D eigenvalue weighted by atomic mass is 10.1. The van der Waals surface area contributed by atoms with Crippen LogP contribution >= 0.6 is 9.21 Å². The maximum atomic E-state index is 7.92. The van der Waals surface area contributed by atoms with Crippen LogP contribution < -0.4 is 0 Å². The summed E-state index contributed by atoms with van der Waals surface area (Å²) in [5.41, 5.74) is 2.14. The fraction of sp³-hybridized carbons (Fsp3) is 0.188. The van der Waals surface area contributed by atoms with Crippen molar-refractivity contribution in [3.05, 3.63) is 59.6 Å². The molecule has 2 heteroatoms. The Bertz CT molecular complexity index is 538. The molecule has 0 aliphatic carbocycles. The third-order valence-electron chi connectivity index (χ3n) is 2.19. The molecule has 0 saturated heterocycles. The Morgan fingerprint density at radius 1 is 1.28 bits per heavy atom. The Kier molecular flexibility index (Phi) is 6.42. The first-order chi connectivity index (χ1) is 8.23. The van der Waals surface area contributed by atoms with Gasteiger partial charge in [-0.15, -0.1) is 0 Å². The maximum absolute atomic E-state index is 7.92. The van der Waals surface area contributed by atoms with E-state index in [1.807, 2.05) is 44.4 Å². The number of hydrogen-bond acceptors (Lipinski definition) is 1. The van der Waals surface area contributed by atoms with Crippen molar-refractivity contribution in [2.45, 2.75) is 13.8 Å². The van der Waals surface area contributed by atoms with Crippen LogP contribution in [0.2, 0.25) is 0 Å². The second-order valence-corrected chi connectivity index (χ2v) is 7.32. The minimum Gasteiger partial charge on any atom is -0.301 e. The van der Waals surface area contributed by atoms with E-state index >= 15 is 0 Å². The molecule has 0 unspecified atom stereocenters. The molecular weight excluding hydrogens is 238 g/mol. The van der Waals surface area contributed by atoms with E-state index in [4.69, 9.17) is 5.41 Å². The number of nitrogens with one attached hydrogen (secondary N) is 1. The van der Waals surface area contributed by atoms with Crippen molar-refractivity contribution in [2.75, 3.05) is 6.26 Å². The van der Waals surface area contributed by atoms with Crippen LogP contribution in [-0.4, -0.2) is 23.7 Å². The fourth-order valence-electron chi connectivity index (χ4n) is 1.29. The average molecular weight is 261 g/mol. The Labute approximate surface area is 112 Å². The quantitative estimate of drug-likeness (QED) is 0.415. The van der Waals surface area contributed by atoms with Crippen LogP contribution in [0.1, 0.15) is 13.8 Å². The lowest BCUT2D eigenvalue weighted by Gasteiger charge is -2.15. The van der Waals surface area contributed by atoms with E-state index in [-0.39, 0.29) is 0 Å². The van der Waals surface area contributed by atoms with Gasteiger partial charge in [-0.3, -0.25) is 0 Å². The number of rotatable bonds is 6. The van der Waals surface area contributed by atoms with Gasteiger partial charge in [0.2, 0.25) is 0 Å². The highest BCUT2D eigenvalue weighted by Crippen LogP contribution is 2.33. The van der Waals surface area contributed by atoms with Crippen molar-refractivity contribution >= 4 is 26.7 Å². The maximum Gasteiger partial charge on any atom is 0.0574 e. The van der Waals surface area contributed by atoms with Gasteiger partial charge in [0.15, 0.2) is 0 Å². The first-order valence-corrected chi connectivity index (χ1v) is 7.98. The molecule has 0 aromatic carbocycles. The van der Waals surface area contributed by atoms with Gasteiger partial charge in [-0.25, -0.2) is 0 Å². The van der Waals surface area contributed by atoms with Crippen LogP contribution in [0.25, 0.3) is 0 Å². The molecule has 0 radical (unpaired) electrons. The van der Waals surface area contributed by atoms with Crippen molar-refractivity contribution in [3.63, 3.8) is 0 Å². The summed E-state index contributed by atoms with van der Waals surface area (Å²) < 4.78 is 0. The van der Waals surface area contributed by atoms with E-state index in [1.54, 1.807) is 6.08 Å². The molecule has 0 rings (SSSR count). The van der Waals surface area contributed by atoms with Crippen molar-refractivity contribution < 1.29 is 0 Å². The molecule has 0 aliphatic heterocycles. The summed E-state index contributed by atoms with van der Waals surface area (Å²) in [7, 11) is -1.43. The summed E-state index contributed by atoms with van der Waals surface area (Å²) in [6.07, 6.45) is 11.4. The number of allylic oxidation sites excluding steroid dienone is 7. The van der Waals surface area contributed by atoms with Crippen molar-refractivity contribution in [1.82, 2.24) is 0 Å². The Balaban J connectivity index is 5.95. The van der Waals surface area contributed by atoms with Gasteiger partial charge in [0.05, 0.1) is 5.71 Å². The van der Waals surface area contributed by atoms with Gasteiger partial charge < -0.3 is 5.41 Å².